The second-order valence-electron chi connectivity index (χ2n) is 9.70. The Morgan fingerprint density at radius 2 is 1.39 bits per heavy atom. The van der Waals surface area contributed by atoms with Crippen molar-refractivity contribution in [3.8, 4) is 0 Å². The molecule has 6 rings (SSSR count). The number of benzene rings is 1. The minimum absolute atomic E-state index is 0.124. The van der Waals surface area contributed by atoms with Crippen molar-refractivity contribution in [1.29, 1.82) is 0 Å². The summed E-state index contributed by atoms with van der Waals surface area (Å²) in [6, 6.07) is 7.88. The molecule has 0 aromatic heterocycles. The molecular weight excluding hydrogens is 350 g/mol. The normalized spacial score (nSPS) is 33.6. The van der Waals surface area contributed by atoms with Gasteiger partial charge in [0, 0.05) is 30.0 Å². The lowest BCUT2D eigenvalue weighted by atomic mass is 9.53. The Balaban J connectivity index is 1.19. The fourth-order valence-corrected chi connectivity index (χ4v) is 6.66. The Morgan fingerprint density at radius 3 is 1.96 bits per heavy atom. The third-order valence-electron chi connectivity index (χ3n) is 7.47. The van der Waals surface area contributed by atoms with Gasteiger partial charge in [0.15, 0.2) is 0 Å². The van der Waals surface area contributed by atoms with Crippen molar-refractivity contribution in [1.82, 2.24) is 5.32 Å². The van der Waals surface area contributed by atoms with Gasteiger partial charge in [-0.05, 0) is 99.8 Å². The van der Waals surface area contributed by atoms with Gasteiger partial charge in [0.1, 0.15) is 0 Å². The molecule has 1 heterocycles. The predicted molar refractivity (Wildman–Crippen MR) is 110 cm³/mol. The number of hydrogen-bond acceptors (Lipinski definition) is 3. The monoisotopic (exact) mass is 381 g/mol. The lowest BCUT2D eigenvalue weighted by Gasteiger charge is -2.56. The Bertz CT molecular complexity index is 716. The maximum Gasteiger partial charge on any atom is 0.313 e. The minimum atomic E-state index is -0.540. The van der Waals surface area contributed by atoms with Crippen molar-refractivity contribution in [2.75, 3.05) is 23.3 Å². The SMILES string of the molecule is O=C(Nc1ccc(N2CCCCC2)cc1)C(=O)NC12CC3CC(CC(C3)C1)C2. The molecule has 1 aliphatic heterocycles. The van der Waals surface area contributed by atoms with Gasteiger partial charge in [0.05, 0.1) is 0 Å². The molecule has 0 radical (unpaired) electrons. The summed E-state index contributed by atoms with van der Waals surface area (Å²) in [5.41, 5.74) is 1.75. The number of anilines is 2. The number of carbonyl (C=O) groups is 2. The van der Waals surface area contributed by atoms with Crippen molar-refractivity contribution < 1.29 is 9.59 Å². The van der Waals surface area contributed by atoms with E-state index < -0.39 is 11.8 Å². The van der Waals surface area contributed by atoms with E-state index in [2.05, 4.69) is 15.5 Å². The largest absolute Gasteiger partial charge is 0.372 e. The fraction of sp³-hybridized carbons (Fsp3) is 0.652. The van der Waals surface area contributed by atoms with Crippen molar-refractivity contribution in [2.45, 2.75) is 63.3 Å². The average molecular weight is 382 g/mol. The molecule has 5 heteroatoms. The fourth-order valence-electron chi connectivity index (χ4n) is 6.66. The standard InChI is InChI=1S/C23H31N3O2/c27-21(24-19-4-6-20(7-5-19)26-8-2-1-3-9-26)22(28)25-23-13-16-10-17(14-23)12-18(11-16)15-23/h4-7,16-18H,1-3,8-15H2,(H,24,27)(H,25,28). The van der Waals surface area contributed by atoms with Crippen LogP contribution in [0.1, 0.15) is 57.8 Å². The van der Waals surface area contributed by atoms with Gasteiger partial charge in [-0.15, -0.1) is 0 Å². The number of nitrogens with one attached hydrogen (secondary N) is 2. The molecule has 2 amide bonds. The van der Waals surface area contributed by atoms with Crippen LogP contribution < -0.4 is 15.5 Å². The first-order chi connectivity index (χ1) is 13.6. The molecule has 28 heavy (non-hydrogen) atoms. The third-order valence-corrected chi connectivity index (χ3v) is 7.47. The van der Waals surface area contributed by atoms with Gasteiger partial charge in [-0.25, -0.2) is 0 Å². The number of amides is 2. The molecule has 0 unspecified atom stereocenters. The first-order valence-electron chi connectivity index (χ1n) is 11.1. The van der Waals surface area contributed by atoms with Crippen LogP contribution in [0, 0.1) is 17.8 Å². The second-order valence-corrected chi connectivity index (χ2v) is 9.70. The van der Waals surface area contributed by atoms with Gasteiger partial charge in [0.2, 0.25) is 0 Å². The zero-order valence-corrected chi connectivity index (χ0v) is 16.6. The van der Waals surface area contributed by atoms with Crippen LogP contribution in [0.3, 0.4) is 0 Å². The molecule has 0 atom stereocenters. The lowest BCUT2D eigenvalue weighted by molar-refractivity contribution is -0.139. The molecule has 4 bridgehead atoms. The predicted octanol–water partition coefficient (Wildman–Crippen LogP) is 3.70. The summed E-state index contributed by atoms with van der Waals surface area (Å²) >= 11 is 0. The van der Waals surface area contributed by atoms with Gasteiger partial charge in [-0.2, -0.15) is 0 Å². The van der Waals surface area contributed by atoms with Crippen LogP contribution in [0.4, 0.5) is 11.4 Å². The van der Waals surface area contributed by atoms with Crippen LogP contribution >= 0.6 is 0 Å². The van der Waals surface area contributed by atoms with Crippen molar-refractivity contribution in [3.63, 3.8) is 0 Å². The van der Waals surface area contributed by atoms with E-state index in [-0.39, 0.29) is 5.54 Å². The molecule has 1 aromatic carbocycles. The molecule has 1 aromatic rings. The van der Waals surface area contributed by atoms with Crippen LogP contribution in [0.2, 0.25) is 0 Å². The molecule has 5 aliphatic rings. The minimum Gasteiger partial charge on any atom is -0.372 e. The maximum atomic E-state index is 12.6. The quantitative estimate of drug-likeness (QED) is 0.785. The van der Waals surface area contributed by atoms with Crippen molar-refractivity contribution >= 4 is 23.2 Å². The van der Waals surface area contributed by atoms with Crippen LogP contribution in [-0.4, -0.2) is 30.4 Å². The molecule has 2 N–H and O–H groups in total. The van der Waals surface area contributed by atoms with Crippen LogP contribution in [0.25, 0.3) is 0 Å². The first kappa shape index (κ1) is 18.0. The summed E-state index contributed by atoms with van der Waals surface area (Å²) in [7, 11) is 0. The number of hydrogen-bond donors (Lipinski definition) is 2. The molecule has 0 spiro atoms. The summed E-state index contributed by atoms with van der Waals surface area (Å²) in [5, 5.41) is 5.93. The van der Waals surface area contributed by atoms with E-state index in [0.717, 1.165) is 50.1 Å². The third kappa shape index (κ3) is 3.51. The van der Waals surface area contributed by atoms with E-state index in [0.29, 0.717) is 5.69 Å². The number of carbonyl (C=O) groups excluding carboxylic acids is 2. The zero-order chi connectivity index (χ0) is 19.1. The maximum absolute atomic E-state index is 12.6. The van der Waals surface area contributed by atoms with E-state index >= 15 is 0 Å². The molecular formula is C23H31N3O2. The zero-order valence-electron chi connectivity index (χ0n) is 16.6. The second kappa shape index (κ2) is 7.09. The number of piperidine rings is 1. The molecule has 5 fully saturated rings. The summed E-state index contributed by atoms with van der Waals surface area (Å²) < 4.78 is 0. The highest BCUT2D eigenvalue weighted by Gasteiger charge is 2.51. The van der Waals surface area contributed by atoms with E-state index in [9.17, 15) is 9.59 Å². The van der Waals surface area contributed by atoms with Gasteiger partial charge in [-0.3, -0.25) is 9.59 Å². The molecule has 1 saturated heterocycles. The molecule has 150 valence electrons. The van der Waals surface area contributed by atoms with Crippen molar-refractivity contribution in [3.05, 3.63) is 24.3 Å². The topological polar surface area (TPSA) is 61.4 Å². The smallest absolute Gasteiger partial charge is 0.313 e. The van der Waals surface area contributed by atoms with Crippen molar-refractivity contribution in [2.24, 2.45) is 17.8 Å². The summed E-state index contributed by atoms with van der Waals surface area (Å²) in [6.45, 7) is 2.19. The van der Waals surface area contributed by atoms with Gasteiger partial charge in [0.25, 0.3) is 0 Å². The highest BCUT2D eigenvalue weighted by molar-refractivity contribution is 6.39. The molecule has 4 saturated carbocycles. The summed E-state index contributed by atoms with van der Waals surface area (Å²) in [4.78, 5) is 27.5. The van der Waals surface area contributed by atoms with E-state index in [1.807, 2.05) is 24.3 Å². The number of rotatable bonds is 3. The Hall–Kier alpha value is -2.04. The Labute approximate surface area is 167 Å². The number of nitrogens with zero attached hydrogens (tertiary/aromatic N) is 1. The molecule has 4 aliphatic carbocycles. The van der Waals surface area contributed by atoms with E-state index in [1.54, 1.807) is 0 Å². The molecule has 5 nitrogen and oxygen atoms in total. The van der Waals surface area contributed by atoms with Gasteiger partial charge in [-0.1, -0.05) is 0 Å². The summed E-state index contributed by atoms with van der Waals surface area (Å²) in [6.07, 6.45) is 10.9. The Kier molecular flexibility index (Phi) is 4.56. The van der Waals surface area contributed by atoms with E-state index in [4.69, 9.17) is 0 Å². The van der Waals surface area contributed by atoms with Crippen LogP contribution in [0.5, 0.6) is 0 Å². The highest BCUT2D eigenvalue weighted by atomic mass is 16.2. The van der Waals surface area contributed by atoms with E-state index in [1.165, 1.54) is 44.2 Å². The lowest BCUT2D eigenvalue weighted by Crippen LogP contribution is -2.61. The Morgan fingerprint density at radius 1 is 0.821 bits per heavy atom. The van der Waals surface area contributed by atoms with Gasteiger partial charge < -0.3 is 15.5 Å². The van der Waals surface area contributed by atoms with Crippen LogP contribution in [0.15, 0.2) is 24.3 Å². The average Bonchev–Trinajstić information content (AvgIpc) is 2.68. The van der Waals surface area contributed by atoms with Gasteiger partial charge >= 0.3 is 11.8 Å². The van der Waals surface area contributed by atoms with Crippen LogP contribution in [-0.2, 0) is 9.59 Å². The highest BCUT2D eigenvalue weighted by Crippen LogP contribution is 2.55. The first-order valence-corrected chi connectivity index (χ1v) is 11.1. The summed E-state index contributed by atoms with van der Waals surface area (Å²) in [5.74, 6) is 1.23.